The number of nitrogens with one attached hydrogen (secondary N) is 3. The van der Waals surface area contributed by atoms with Gasteiger partial charge in [0, 0.05) is 17.2 Å². The number of hydrogen-bond donors (Lipinski definition) is 3. The molecule has 2 aromatic carbocycles. The molecule has 7 unspecified atom stereocenters. The van der Waals surface area contributed by atoms with Gasteiger partial charge in [0.05, 0.1) is 17.3 Å². The lowest BCUT2D eigenvalue weighted by Gasteiger charge is -2.33. The van der Waals surface area contributed by atoms with Crippen molar-refractivity contribution in [1.29, 1.82) is 0 Å². The number of para-hydroxylation sites is 1. The molecule has 0 radical (unpaired) electrons. The van der Waals surface area contributed by atoms with Gasteiger partial charge in [-0.15, -0.1) is 0 Å². The van der Waals surface area contributed by atoms with Crippen molar-refractivity contribution in [1.82, 2.24) is 25.2 Å². The van der Waals surface area contributed by atoms with Gasteiger partial charge in [-0.05, 0) is 81.7 Å². The molecule has 1 aliphatic heterocycles. The van der Waals surface area contributed by atoms with E-state index in [-0.39, 0.29) is 37.1 Å². The molecule has 0 bridgehead atoms. The maximum absolute atomic E-state index is 14.8. The fourth-order valence-corrected chi connectivity index (χ4v) is 9.26. The molecular formula is C41H55N5O8S. The smallest absolute Gasteiger partial charge is 0.408 e. The number of carbonyl (C=O) groups excluding carboxylic acids is 4. The number of sulfonamides is 1. The average molecular weight is 778 g/mol. The molecule has 3 fully saturated rings. The highest BCUT2D eigenvalue weighted by atomic mass is 32.2. The van der Waals surface area contributed by atoms with Gasteiger partial charge >= 0.3 is 6.09 Å². The normalized spacial score (nSPS) is 24.1. The Morgan fingerprint density at radius 3 is 2.25 bits per heavy atom. The Morgan fingerprint density at radius 1 is 1.00 bits per heavy atom. The monoisotopic (exact) mass is 777 g/mol. The Hall–Kier alpha value is -4.46. The van der Waals surface area contributed by atoms with E-state index >= 15 is 0 Å². The number of nitrogens with zero attached hydrogens (tertiary/aromatic N) is 2. The number of aromatic nitrogens is 1. The second-order valence-electron chi connectivity index (χ2n) is 16.9. The number of hydrogen-bond acceptors (Lipinski definition) is 9. The summed E-state index contributed by atoms with van der Waals surface area (Å²) in [6.07, 6.45) is 2.36. The van der Waals surface area contributed by atoms with Crippen molar-refractivity contribution in [3.63, 3.8) is 0 Å². The van der Waals surface area contributed by atoms with E-state index in [4.69, 9.17) is 14.5 Å². The minimum Gasteiger partial charge on any atom is -0.472 e. The molecule has 3 aromatic rings. The third-order valence-electron chi connectivity index (χ3n) is 11.0. The molecule has 3 N–H and O–H groups in total. The van der Waals surface area contributed by atoms with Crippen LogP contribution in [0.4, 0.5) is 4.79 Å². The number of rotatable bonds is 14. The lowest BCUT2D eigenvalue weighted by Crippen LogP contribution is -2.59. The SMILES string of the molecule is CCCC(C)CC(C)C(NC(=O)OC(C)(C)C)C(=O)N1CC(Oc2nc3ccccc3c3ccccc23)CC1C(=O)NC1(C(=O)NS(=O)(=O)C2CC2)CC1C. The molecular weight excluding hydrogens is 723 g/mol. The second-order valence-corrected chi connectivity index (χ2v) is 18.9. The van der Waals surface area contributed by atoms with Crippen molar-refractivity contribution >= 4 is 55.5 Å². The van der Waals surface area contributed by atoms with E-state index in [0.717, 1.165) is 34.5 Å². The van der Waals surface area contributed by atoms with Crippen LogP contribution < -0.4 is 20.1 Å². The Morgan fingerprint density at radius 2 is 1.64 bits per heavy atom. The highest BCUT2D eigenvalue weighted by Gasteiger charge is 2.61. The summed E-state index contributed by atoms with van der Waals surface area (Å²) >= 11 is 0. The number of alkyl carbamates (subject to hydrolysis) is 1. The quantitative estimate of drug-likeness (QED) is 0.176. The number of fused-ring (bicyclic) bond motifs is 3. The molecule has 4 amide bonds. The summed E-state index contributed by atoms with van der Waals surface area (Å²) in [5.74, 6) is -1.92. The van der Waals surface area contributed by atoms with E-state index in [2.05, 4.69) is 29.2 Å². The zero-order valence-corrected chi connectivity index (χ0v) is 33.7. The van der Waals surface area contributed by atoms with Crippen molar-refractivity contribution in [2.45, 2.75) is 128 Å². The van der Waals surface area contributed by atoms with Crippen LogP contribution in [0.3, 0.4) is 0 Å². The van der Waals surface area contributed by atoms with E-state index in [1.54, 1.807) is 27.7 Å². The Bertz CT molecular complexity index is 2060. The maximum atomic E-state index is 14.8. The van der Waals surface area contributed by atoms with Gasteiger partial charge in [0.25, 0.3) is 5.91 Å². The molecule has 1 aromatic heterocycles. The van der Waals surface area contributed by atoms with Gasteiger partial charge < -0.3 is 25.0 Å². The fraction of sp³-hybridized carbons (Fsp3) is 0.585. The minimum atomic E-state index is -3.86. The van der Waals surface area contributed by atoms with Crippen molar-refractivity contribution < 1.29 is 37.1 Å². The standard InChI is InChI=1S/C41H55N5O8S/c1-8-13-24(2)20-25(3)34(43-39(50)54-40(5,6)7)37(48)46-23-27(53-36-31-16-10-9-14-29(31)30-15-11-12-17-32(30)42-36)21-33(46)35(47)44-41(22-26(41)4)38(49)45-55(51,52)28-18-19-28/h9-12,14-17,24-28,33-34H,8,13,18-23H2,1-7H3,(H,43,50)(H,44,47)(H,45,49). The van der Waals surface area contributed by atoms with Gasteiger partial charge in [0.1, 0.15) is 29.3 Å². The molecule has 7 atom stereocenters. The zero-order chi connectivity index (χ0) is 39.9. The van der Waals surface area contributed by atoms with Crippen LogP contribution in [0, 0.1) is 17.8 Å². The predicted molar refractivity (Wildman–Crippen MR) is 210 cm³/mol. The number of amides is 4. The molecule has 14 heteroatoms. The predicted octanol–water partition coefficient (Wildman–Crippen LogP) is 5.60. The van der Waals surface area contributed by atoms with Gasteiger partial charge in [0.2, 0.25) is 27.7 Å². The van der Waals surface area contributed by atoms with E-state index in [1.165, 1.54) is 4.90 Å². The molecule has 2 saturated carbocycles. The summed E-state index contributed by atoms with van der Waals surface area (Å²) in [6, 6.07) is 13.3. The first kappa shape index (κ1) is 40.2. The molecule has 2 aliphatic carbocycles. The third kappa shape index (κ3) is 9.00. The van der Waals surface area contributed by atoms with Gasteiger partial charge in [-0.2, -0.15) is 0 Å². The number of ether oxygens (including phenoxy) is 2. The highest BCUT2D eigenvalue weighted by molar-refractivity contribution is 7.91. The first-order valence-electron chi connectivity index (χ1n) is 19.5. The summed E-state index contributed by atoms with van der Waals surface area (Å²) in [6.45, 7) is 13.1. The topological polar surface area (TPSA) is 173 Å². The maximum Gasteiger partial charge on any atom is 0.408 e. The lowest BCUT2D eigenvalue weighted by molar-refractivity contribution is -0.142. The van der Waals surface area contributed by atoms with Crippen LogP contribution in [0.5, 0.6) is 5.88 Å². The number of benzene rings is 2. The van der Waals surface area contributed by atoms with Crippen molar-refractivity contribution in [3.05, 3.63) is 48.5 Å². The Labute approximate surface area is 323 Å². The molecule has 6 rings (SSSR count). The summed E-state index contributed by atoms with van der Waals surface area (Å²) in [4.78, 5) is 62.2. The summed E-state index contributed by atoms with van der Waals surface area (Å²) in [7, 11) is -3.86. The van der Waals surface area contributed by atoms with Crippen LogP contribution >= 0.6 is 0 Å². The van der Waals surface area contributed by atoms with E-state index in [1.807, 2.05) is 55.5 Å². The first-order chi connectivity index (χ1) is 25.9. The van der Waals surface area contributed by atoms with Gasteiger partial charge in [-0.25, -0.2) is 18.2 Å². The third-order valence-corrected chi connectivity index (χ3v) is 12.8. The lowest BCUT2D eigenvalue weighted by atomic mass is 9.88. The molecule has 13 nitrogen and oxygen atoms in total. The molecule has 298 valence electrons. The van der Waals surface area contributed by atoms with Crippen LogP contribution in [0.15, 0.2) is 48.5 Å². The fourth-order valence-electron chi connectivity index (χ4n) is 7.89. The largest absolute Gasteiger partial charge is 0.472 e. The van der Waals surface area contributed by atoms with Crippen LogP contribution in [-0.2, 0) is 29.1 Å². The van der Waals surface area contributed by atoms with Crippen LogP contribution in [0.1, 0.15) is 93.4 Å². The van der Waals surface area contributed by atoms with Crippen LogP contribution in [0.25, 0.3) is 21.7 Å². The van der Waals surface area contributed by atoms with E-state index < -0.39 is 68.4 Å². The first-order valence-corrected chi connectivity index (χ1v) is 21.1. The molecule has 2 heterocycles. The molecule has 3 aliphatic rings. The van der Waals surface area contributed by atoms with Crippen LogP contribution in [-0.4, -0.2) is 83.2 Å². The zero-order valence-electron chi connectivity index (χ0n) is 32.9. The Kier molecular flexibility index (Phi) is 11.4. The number of carbonyl (C=O) groups is 4. The number of pyridine rings is 1. The summed E-state index contributed by atoms with van der Waals surface area (Å²) in [5.41, 5.74) is -1.53. The van der Waals surface area contributed by atoms with Crippen LogP contribution in [0.2, 0.25) is 0 Å². The average Bonchev–Trinajstić information content (AvgIpc) is 4.03. The summed E-state index contributed by atoms with van der Waals surface area (Å²) in [5, 5.41) is 7.74. The van der Waals surface area contributed by atoms with Gasteiger partial charge in [-0.3, -0.25) is 19.1 Å². The van der Waals surface area contributed by atoms with E-state index in [0.29, 0.717) is 25.1 Å². The minimum absolute atomic E-state index is 0.00566. The summed E-state index contributed by atoms with van der Waals surface area (Å²) < 4.78 is 39.8. The van der Waals surface area contributed by atoms with Gasteiger partial charge in [0.15, 0.2) is 0 Å². The number of likely N-dealkylation sites (tertiary alicyclic amines) is 1. The molecule has 1 saturated heterocycles. The Balaban J connectivity index is 1.32. The second kappa shape index (κ2) is 15.6. The molecule has 0 spiro atoms. The van der Waals surface area contributed by atoms with Crippen molar-refractivity contribution in [2.75, 3.05) is 6.54 Å². The van der Waals surface area contributed by atoms with Gasteiger partial charge in [-0.1, -0.05) is 76.9 Å². The van der Waals surface area contributed by atoms with Crippen molar-refractivity contribution in [3.8, 4) is 5.88 Å². The molecule has 55 heavy (non-hydrogen) atoms. The van der Waals surface area contributed by atoms with Crippen molar-refractivity contribution in [2.24, 2.45) is 17.8 Å². The highest BCUT2D eigenvalue weighted by Crippen LogP contribution is 2.44. The van der Waals surface area contributed by atoms with E-state index in [9.17, 15) is 27.6 Å².